The van der Waals surface area contributed by atoms with Gasteiger partial charge in [-0.3, -0.25) is 0 Å². The van der Waals surface area contributed by atoms with Crippen molar-refractivity contribution in [1.29, 1.82) is 0 Å². The second kappa shape index (κ2) is 6.02. The Kier molecular flexibility index (Phi) is 4.37. The third-order valence-electron chi connectivity index (χ3n) is 2.66. The second-order valence-electron chi connectivity index (χ2n) is 4.15. The predicted octanol–water partition coefficient (Wildman–Crippen LogP) is 3.23. The first-order chi connectivity index (χ1) is 9.04. The maximum atomic E-state index is 12.6. The van der Waals surface area contributed by atoms with Gasteiger partial charge in [-0.05, 0) is 11.6 Å². The second-order valence-corrected chi connectivity index (χ2v) is 4.54. The van der Waals surface area contributed by atoms with Crippen LogP contribution in [0.2, 0.25) is 5.15 Å². The van der Waals surface area contributed by atoms with E-state index in [1.807, 2.05) is 0 Å². The smallest absolute Gasteiger partial charge is 0.255 e. The van der Waals surface area contributed by atoms with Crippen LogP contribution in [-0.2, 0) is 11.3 Å². The van der Waals surface area contributed by atoms with Crippen LogP contribution in [0.4, 0.5) is 8.78 Å². The van der Waals surface area contributed by atoms with Gasteiger partial charge in [0.15, 0.2) is 0 Å². The highest BCUT2D eigenvalue weighted by molar-refractivity contribution is 6.29. The van der Waals surface area contributed by atoms with Crippen LogP contribution in [0.15, 0.2) is 42.4 Å². The van der Waals surface area contributed by atoms with E-state index in [-0.39, 0.29) is 13.2 Å². The Balaban J connectivity index is 2.11. The third-order valence-corrected chi connectivity index (χ3v) is 2.88. The van der Waals surface area contributed by atoms with Crippen molar-refractivity contribution in [1.82, 2.24) is 9.88 Å². The Bertz CT molecular complexity index is 488. The van der Waals surface area contributed by atoms with Gasteiger partial charge in [-0.1, -0.05) is 24.2 Å². The van der Waals surface area contributed by atoms with E-state index in [1.165, 1.54) is 0 Å². The molecule has 0 fully saturated rings. The Morgan fingerprint density at radius 1 is 1.47 bits per heavy atom. The minimum absolute atomic E-state index is 0.270. The number of ether oxygens (including phenoxy) is 1. The number of hydrogen-bond donors (Lipinski definition) is 0. The maximum Gasteiger partial charge on any atom is 0.255 e. The minimum atomic E-state index is -2.42. The van der Waals surface area contributed by atoms with Gasteiger partial charge in [0.25, 0.3) is 6.43 Å². The van der Waals surface area contributed by atoms with Gasteiger partial charge < -0.3 is 9.64 Å². The van der Waals surface area contributed by atoms with E-state index in [9.17, 15) is 8.78 Å². The van der Waals surface area contributed by atoms with Crippen LogP contribution in [0.5, 0.6) is 0 Å². The van der Waals surface area contributed by atoms with E-state index in [2.05, 4.69) is 11.6 Å². The summed E-state index contributed by atoms with van der Waals surface area (Å²) < 4.78 is 30.4. The topological polar surface area (TPSA) is 25.4 Å². The molecule has 0 aromatic carbocycles. The summed E-state index contributed by atoms with van der Waals surface area (Å²) in [5.74, 6) is 0.489. The monoisotopic (exact) mass is 286 g/mol. The highest BCUT2D eigenvalue weighted by Gasteiger charge is 2.20. The molecule has 0 amide bonds. The minimum Gasteiger partial charge on any atom is -0.488 e. The van der Waals surface area contributed by atoms with E-state index in [4.69, 9.17) is 16.3 Å². The zero-order valence-electron chi connectivity index (χ0n) is 10.2. The molecule has 0 saturated heterocycles. The molecule has 0 spiro atoms. The molecule has 0 bridgehead atoms. The van der Waals surface area contributed by atoms with Crippen molar-refractivity contribution < 1.29 is 13.5 Å². The summed E-state index contributed by atoms with van der Waals surface area (Å²) in [7, 11) is 0. The number of rotatable bonds is 5. The average Bonchev–Trinajstić information content (AvgIpc) is 2.77. The van der Waals surface area contributed by atoms with Crippen molar-refractivity contribution in [3.8, 4) is 0 Å². The maximum absolute atomic E-state index is 12.6. The summed E-state index contributed by atoms with van der Waals surface area (Å²) in [4.78, 5) is 5.50. The molecule has 3 nitrogen and oxygen atoms in total. The number of aromatic nitrogens is 1. The van der Waals surface area contributed by atoms with Crippen LogP contribution < -0.4 is 0 Å². The summed E-state index contributed by atoms with van der Waals surface area (Å²) in [5.41, 5.74) is 1.50. The predicted molar refractivity (Wildman–Crippen MR) is 68.8 cm³/mol. The molecule has 0 saturated carbocycles. The summed E-state index contributed by atoms with van der Waals surface area (Å²) in [6.45, 7) is 3.89. The molecular weight excluding hydrogens is 274 g/mol. The van der Waals surface area contributed by atoms with Gasteiger partial charge in [-0.25, -0.2) is 13.8 Å². The Morgan fingerprint density at radius 2 is 2.26 bits per heavy atom. The van der Waals surface area contributed by atoms with Gasteiger partial charge in [-0.2, -0.15) is 0 Å². The molecule has 0 N–H and O–H groups in total. The molecule has 0 atom stereocenters. The summed E-state index contributed by atoms with van der Waals surface area (Å²) in [5, 5.41) is 0.376. The van der Waals surface area contributed by atoms with Gasteiger partial charge in [0.2, 0.25) is 0 Å². The average molecular weight is 287 g/mol. The number of allylic oxidation sites excluding steroid dienone is 1. The Hall–Kier alpha value is -1.62. The molecule has 0 unspecified atom stereocenters. The van der Waals surface area contributed by atoms with Crippen molar-refractivity contribution in [3.63, 3.8) is 0 Å². The van der Waals surface area contributed by atoms with Crippen LogP contribution in [0.3, 0.4) is 0 Å². The number of hydrogen-bond acceptors (Lipinski definition) is 3. The van der Waals surface area contributed by atoms with Crippen molar-refractivity contribution in [2.24, 2.45) is 0 Å². The van der Waals surface area contributed by atoms with Gasteiger partial charge >= 0.3 is 0 Å². The molecule has 2 rings (SSSR count). The first-order valence-corrected chi connectivity index (χ1v) is 6.08. The first-order valence-electron chi connectivity index (χ1n) is 5.70. The van der Waals surface area contributed by atoms with Crippen molar-refractivity contribution in [2.45, 2.75) is 13.0 Å². The lowest BCUT2D eigenvalue weighted by Crippen LogP contribution is -2.28. The molecule has 102 valence electrons. The van der Waals surface area contributed by atoms with Gasteiger partial charge in [0, 0.05) is 18.8 Å². The van der Waals surface area contributed by atoms with Crippen LogP contribution in [-0.4, -0.2) is 29.5 Å². The molecule has 2 heterocycles. The molecular formula is C13H13ClF2N2O. The lowest BCUT2D eigenvalue weighted by atomic mass is 10.2. The Labute approximate surface area is 115 Å². The number of nitrogens with zero attached hydrogens (tertiary/aromatic N) is 2. The summed E-state index contributed by atoms with van der Waals surface area (Å²) >= 11 is 5.69. The number of alkyl halides is 2. The molecule has 1 aromatic rings. The van der Waals surface area contributed by atoms with E-state index in [1.54, 1.807) is 29.3 Å². The standard InChI is InChI=1S/C13H13ClF2N2O/c1-9-4-11(8-19-9)18(7-13(15)16)6-10-2-3-12(14)17-5-10/h2-5,13H,1,6-8H2. The molecule has 1 aromatic heterocycles. The van der Waals surface area contributed by atoms with Crippen LogP contribution in [0.25, 0.3) is 0 Å². The molecule has 19 heavy (non-hydrogen) atoms. The molecule has 0 aliphatic carbocycles. The SMILES string of the molecule is C=C1C=C(N(Cc2ccc(Cl)nc2)CC(F)F)CO1. The van der Waals surface area contributed by atoms with E-state index >= 15 is 0 Å². The first kappa shape index (κ1) is 13.8. The highest BCUT2D eigenvalue weighted by atomic mass is 35.5. The summed E-state index contributed by atoms with van der Waals surface area (Å²) in [6.07, 6.45) is 0.826. The van der Waals surface area contributed by atoms with E-state index in [0.29, 0.717) is 23.2 Å². The normalized spacial score (nSPS) is 14.5. The van der Waals surface area contributed by atoms with Gasteiger partial charge in [0.05, 0.1) is 12.2 Å². The number of pyridine rings is 1. The van der Waals surface area contributed by atoms with Crippen molar-refractivity contribution in [2.75, 3.05) is 13.2 Å². The largest absolute Gasteiger partial charge is 0.488 e. The van der Waals surface area contributed by atoms with Crippen molar-refractivity contribution in [3.05, 3.63) is 53.2 Å². The lowest BCUT2D eigenvalue weighted by Gasteiger charge is -2.24. The van der Waals surface area contributed by atoms with E-state index < -0.39 is 6.43 Å². The molecule has 6 heteroatoms. The molecule has 0 radical (unpaired) electrons. The van der Waals surface area contributed by atoms with Gasteiger partial charge in [0.1, 0.15) is 17.5 Å². The van der Waals surface area contributed by atoms with Gasteiger partial charge in [-0.15, -0.1) is 0 Å². The van der Waals surface area contributed by atoms with Crippen molar-refractivity contribution >= 4 is 11.6 Å². The van der Waals surface area contributed by atoms with Crippen LogP contribution >= 0.6 is 11.6 Å². The fraction of sp³-hybridized carbons (Fsp3) is 0.308. The quantitative estimate of drug-likeness (QED) is 0.777. The number of halogens is 3. The van der Waals surface area contributed by atoms with E-state index in [0.717, 1.165) is 5.56 Å². The van der Waals surface area contributed by atoms with Crippen LogP contribution in [0, 0.1) is 0 Å². The zero-order valence-corrected chi connectivity index (χ0v) is 10.9. The fourth-order valence-corrected chi connectivity index (χ4v) is 1.90. The molecule has 1 aliphatic rings. The Morgan fingerprint density at radius 3 is 2.79 bits per heavy atom. The zero-order chi connectivity index (χ0) is 13.8. The molecule has 1 aliphatic heterocycles. The third kappa shape index (κ3) is 3.92. The fourth-order valence-electron chi connectivity index (χ4n) is 1.79. The van der Waals surface area contributed by atoms with Crippen LogP contribution in [0.1, 0.15) is 5.56 Å². The highest BCUT2D eigenvalue weighted by Crippen LogP contribution is 2.21. The summed E-state index contributed by atoms with van der Waals surface area (Å²) in [6, 6.07) is 3.40. The lowest BCUT2D eigenvalue weighted by molar-refractivity contribution is 0.0952.